The molecule has 0 saturated carbocycles. The second-order valence-corrected chi connectivity index (χ2v) is 11.3. The van der Waals surface area contributed by atoms with Crippen LogP contribution in [-0.4, -0.2) is 49.8 Å². The summed E-state index contributed by atoms with van der Waals surface area (Å²) < 4.78 is 29.5. The van der Waals surface area contributed by atoms with Crippen LogP contribution in [0.5, 0.6) is 0 Å². The van der Waals surface area contributed by atoms with Crippen LogP contribution in [0.1, 0.15) is 68.6 Å². The molecule has 38 heavy (non-hydrogen) atoms. The molecule has 0 amide bonds. The average Bonchev–Trinajstić information content (AvgIpc) is 3.30. The second-order valence-electron chi connectivity index (χ2n) is 8.84. The Kier molecular flexibility index (Phi) is 13.4. The van der Waals surface area contributed by atoms with E-state index in [4.69, 9.17) is 14.2 Å². The molecular formula is C27H38N2O7PS+. The van der Waals surface area contributed by atoms with Crippen LogP contribution in [0.3, 0.4) is 0 Å². The van der Waals surface area contributed by atoms with Gasteiger partial charge in [0.15, 0.2) is 6.16 Å². The lowest BCUT2D eigenvalue weighted by atomic mass is 10.1. The first kappa shape index (κ1) is 31.4. The van der Waals surface area contributed by atoms with Crippen molar-refractivity contribution < 1.29 is 33.2 Å². The number of nitrogens with one attached hydrogen (secondary N) is 2. The van der Waals surface area contributed by atoms with Gasteiger partial charge in [0.05, 0.1) is 13.2 Å². The van der Waals surface area contributed by atoms with Crippen molar-refractivity contribution in [1.82, 2.24) is 5.09 Å². The van der Waals surface area contributed by atoms with E-state index in [9.17, 15) is 18.9 Å². The van der Waals surface area contributed by atoms with Crippen LogP contribution in [0.4, 0.5) is 5.69 Å². The van der Waals surface area contributed by atoms with Crippen LogP contribution in [0, 0.1) is 0 Å². The number of thiophene rings is 1. The van der Waals surface area contributed by atoms with Crippen molar-refractivity contribution >= 4 is 53.0 Å². The van der Waals surface area contributed by atoms with E-state index in [2.05, 4.69) is 17.0 Å². The normalized spacial score (nSPS) is 12.9. The molecule has 1 aromatic carbocycles. The number of rotatable bonds is 17. The second kappa shape index (κ2) is 16.2. The van der Waals surface area contributed by atoms with E-state index in [0.717, 1.165) is 35.8 Å². The van der Waals surface area contributed by atoms with Crippen molar-refractivity contribution in [3.63, 3.8) is 0 Å². The van der Waals surface area contributed by atoms with Crippen molar-refractivity contribution in [3.8, 4) is 0 Å². The summed E-state index contributed by atoms with van der Waals surface area (Å²) in [5, 5.41) is 6.77. The average molecular weight is 566 g/mol. The molecule has 0 fully saturated rings. The van der Waals surface area contributed by atoms with E-state index < -0.39 is 37.9 Å². The maximum atomic E-state index is 13.0. The highest BCUT2D eigenvalue weighted by molar-refractivity contribution is 7.41. The molecule has 0 saturated heterocycles. The summed E-state index contributed by atoms with van der Waals surface area (Å²) in [4.78, 5) is 37.4. The maximum Gasteiger partial charge on any atom is 0.437 e. The molecule has 2 N–H and O–H groups in total. The molecule has 9 nitrogen and oxygen atoms in total. The Labute approximate surface area is 229 Å². The Morgan fingerprint density at radius 1 is 1.00 bits per heavy atom. The third kappa shape index (κ3) is 9.82. The van der Waals surface area contributed by atoms with Gasteiger partial charge in [-0.3, -0.25) is 4.79 Å². The molecule has 0 bridgehead atoms. The van der Waals surface area contributed by atoms with Gasteiger partial charge in [-0.1, -0.05) is 44.4 Å². The molecule has 1 heterocycles. The highest BCUT2D eigenvalue weighted by Gasteiger charge is 2.28. The Hall–Kier alpha value is -2.81. The summed E-state index contributed by atoms with van der Waals surface area (Å²) in [6, 6.07) is 3.97. The minimum Gasteiger partial charge on any atom is -0.464 e. The Morgan fingerprint density at radius 2 is 1.63 bits per heavy atom. The first-order valence-electron chi connectivity index (χ1n) is 12.8. The number of unbranched alkanes of at least 4 members (excludes halogenated alkanes) is 2. The van der Waals surface area contributed by atoms with Gasteiger partial charge in [0.2, 0.25) is 0 Å². The van der Waals surface area contributed by atoms with E-state index in [1.165, 1.54) is 17.4 Å². The van der Waals surface area contributed by atoms with Crippen LogP contribution >= 0.6 is 19.3 Å². The SMILES string of the molecule is C=CCOC(=O)c1cc2cc(C[P+](=O)N[C@@H](C)C(=O)OCCCC)c(N[C@@H](C)C(=O)OCCCC)cc2s1. The summed E-state index contributed by atoms with van der Waals surface area (Å²) in [6.45, 7) is 11.6. The van der Waals surface area contributed by atoms with Gasteiger partial charge in [-0.05, 0) is 54.8 Å². The van der Waals surface area contributed by atoms with Gasteiger partial charge >= 0.3 is 25.9 Å². The van der Waals surface area contributed by atoms with E-state index >= 15 is 0 Å². The number of hydrogen-bond donors (Lipinski definition) is 2. The summed E-state index contributed by atoms with van der Waals surface area (Å²) >= 11 is 1.26. The largest absolute Gasteiger partial charge is 0.464 e. The van der Waals surface area contributed by atoms with Gasteiger partial charge in [-0.15, -0.1) is 11.3 Å². The third-order valence-electron chi connectivity index (χ3n) is 5.49. The zero-order valence-corrected chi connectivity index (χ0v) is 24.3. The number of esters is 3. The predicted molar refractivity (Wildman–Crippen MR) is 151 cm³/mol. The Morgan fingerprint density at radius 3 is 2.24 bits per heavy atom. The van der Waals surface area contributed by atoms with Gasteiger partial charge in [-0.2, -0.15) is 0 Å². The van der Waals surface area contributed by atoms with E-state index in [-0.39, 0.29) is 12.8 Å². The predicted octanol–water partition coefficient (Wildman–Crippen LogP) is 5.95. The molecule has 1 unspecified atom stereocenters. The number of ether oxygens (including phenoxy) is 3. The van der Waals surface area contributed by atoms with Crippen molar-refractivity contribution in [2.75, 3.05) is 25.1 Å². The van der Waals surface area contributed by atoms with Gasteiger partial charge in [-0.25, -0.2) is 9.59 Å². The molecule has 0 aliphatic carbocycles. The fourth-order valence-electron chi connectivity index (χ4n) is 3.35. The highest BCUT2D eigenvalue weighted by atomic mass is 32.1. The Balaban J connectivity index is 2.26. The van der Waals surface area contributed by atoms with Gasteiger partial charge in [0, 0.05) is 16.0 Å². The lowest BCUT2D eigenvalue weighted by Gasteiger charge is -2.16. The van der Waals surface area contributed by atoms with E-state index in [1.807, 2.05) is 26.0 Å². The van der Waals surface area contributed by atoms with Gasteiger partial charge in [0.25, 0.3) is 0 Å². The monoisotopic (exact) mass is 565 g/mol. The topological polar surface area (TPSA) is 120 Å². The summed E-state index contributed by atoms with van der Waals surface area (Å²) in [5.74, 6) is -1.31. The fourth-order valence-corrected chi connectivity index (χ4v) is 5.53. The number of anilines is 1. The molecule has 208 valence electrons. The third-order valence-corrected chi connectivity index (χ3v) is 7.87. The number of carbonyl (C=O) groups excluding carboxylic acids is 3. The molecule has 2 aromatic rings. The van der Waals surface area contributed by atoms with Gasteiger partial charge < -0.3 is 19.5 Å². The van der Waals surface area contributed by atoms with Crippen LogP contribution in [0.2, 0.25) is 0 Å². The van der Waals surface area contributed by atoms with Gasteiger partial charge in [0.1, 0.15) is 23.6 Å². The van der Waals surface area contributed by atoms with E-state index in [1.54, 1.807) is 19.9 Å². The van der Waals surface area contributed by atoms with E-state index in [0.29, 0.717) is 29.3 Å². The van der Waals surface area contributed by atoms with Crippen molar-refractivity contribution in [1.29, 1.82) is 0 Å². The zero-order valence-electron chi connectivity index (χ0n) is 22.5. The Bertz CT molecular complexity index is 1130. The molecule has 3 atom stereocenters. The van der Waals surface area contributed by atoms with Crippen LogP contribution in [0.15, 0.2) is 30.9 Å². The summed E-state index contributed by atoms with van der Waals surface area (Å²) in [7, 11) is -2.04. The molecule has 0 aliphatic rings. The molecular weight excluding hydrogens is 527 g/mol. The first-order valence-corrected chi connectivity index (χ1v) is 15.1. The standard InChI is InChI=1S/C27H37N2O7PS/c1-6-9-12-35-25(30)18(4)28-22-16-23-20(15-24(38-23)27(32)34-11-8-3)14-21(22)17-37(33)29-19(5)26(31)36-13-10-7-2/h8,14-16,18-19H,3,6-7,9-13,17H2,1-2,4-5H3,(H-,28,29,32,33)/p+1/t18-,19-/m0/s1. The molecule has 1 aromatic heterocycles. The van der Waals surface area contributed by atoms with Crippen molar-refractivity contribution in [3.05, 3.63) is 41.3 Å². The van der Waals surface area contributed by atoms with Crippen LogP contribution in [-0.2, 0) is 34.5 Å². The molecule has 0 radical (unpaired) electrons. The lowest BCUT2D eigenvalue weighted by molar-refractivity contribution is -0.145. The molecule has 0 aliphatic heterocycles. The highest BCUT2D eigenvalue weighted by Crippen LogP contribution is 2.36. The number of fused-ring (bicyclic) bond motifs is 1. The summed E-state index contributed by atoms with van der Waals surface area (Å²) in [6.07, 6.45) is 4.95. The lowest BCUT2D eigenvalue weighted by Crippen LogP contribution is -2.31. The number of hydrogen-bond acceptors (Lipinski definition) is 9. The first-order chi connectivity index (χ1) is 18.2. The molecule has 2 rings (SSSR count). The molecule has 11 heteroatoms. The minimum absolute atomic E-state index is 0.0872. The molecule has 0 spiro atoms. The number of carbonyl (C=O) groups is 3. The smallest absolute Gasteiger partial charge is 0.437 e. The van der Waals surface area contributed by atoms with Crippen molar-refractivity contribution in [2.24, 2.45) is 0 Å². The van der Waals surface area contributed by atoms with Crippen molar-refractivity contribution in [2.45, 2.75) is 71.6 Å². The minimum atomic E-state index is -2.04. The van der Waals surface area contributed by atoms with Crippen LogP contribution < -0.4 is 10.4 Å². The number of benzene rings is 1. The summed E-state index contributed by atoms with van der Waals surface area (Å²) in [5.41, 5.74) is 1.25. The zero-order chi connectivity index (χ0) is 28.1. The quantitative estimate of drug-likeness (QED) is 0.0788. The van der Waals surface area contributed by atoms with Crippen LogP contribution in [0.25, 0.3) is 10.1 Å². The fraction of sp³-hybridized carbons (Fsp3) is 0.519. The maximum absolute atomic E-state index is 13.0.